The number of sulfonamides is 1. The van der Waals surface area contributed by atoms with Gasteiger partial charge in [0.25, 0.3) is 0 Å². The summed E-state index contributed by atoms with van der Waals surface area (Å²) in [6.45, 7) is 4.75. The lowest BCUT2D eigenvalue weighted by molar-refractivity contribution is -0.121. The first-order valence-electron chi connectivity index (χ1n) is 7.44. The smallest absolute Gasteiger partial charge is 0.243 e. The normalized spacial score (nSPS) is 11.5. The van der Waals surface area contributed by atoms with Crippen molar-refractivity contribution >= 4 is 15.9 Å². The number of likely N-dealkylation sites (N-methyl/N-ethyl adjacent to an activating group) is 1. The van der Waals surface area contributed by atoms with E-state index in [0.29, 0.717) is 25.5 Å². The molecule has 1 aromatic carbocycles. The van der Waals surface area contributed by atoms with Crippen LogP contribution in [0.1, 0.15) is 13.8 Å². The standard InChI is InChI=1S/C15H24N2O5S/c1-4-17(12-15(18)16-10-11-21-3)23(19,20)14-8-6-13(7-9-14)22-5-2/h6-9H,4-5,10-12H2,1-3H3,(H,16,18). The summed E-state index contributed by atoms with van der Waals surface area (Å²) in [5.74, 6) is 0.241. The highest BCUT2D eigenvalue weighted by molar-refractivity contribution is 7.89. The number of ether oxygens (including phenoxy) is 2. The molecule has 0 aliphatic carbocycles. The lowest BCUT2D eigenvalue weighted by atomic mass is 10.3. The quantitative estimate of drug-likeness (QED) is 0.636. The van der Waals surface area contributed by atoms with Crippen LogP contribution in [0, 0.1) is 0 Å². The van der Waals surface area contributed by atoms with Gasteiger partial charge in [-0.1, -0.05) is 6.92 Å². The van der Waals surface area contributed by atoms with Crippen molar-refractivity contribution in [2.24, 2.45) is 0 Å². The monoisotopic (exact) mass is 344 g/mol. The second kappa shape index (κ2) is 9.49. The third-order valence-electron chi connectivity index (χ3n) is 3.07. The number of rotatable bonds is 10. The van der Waals surface area contributed by atoms with E-state index in [1.165, 1.54) is 19.2 Å². The predicted octanol–water partition coefficient (Wildman–Crippen LogP) is 0.858. The summed E-state index contributed by atoms with van der Waals surface area (Å²) in [4.78, 5) is 11.9. The van der Waals surface area contributed by atoms with Crippen molar-refractivity contribution in [3.8, 4) is 5.75 Å². The van der Waals surface area contributed by atoms with Crippen LogP contribution >= 0.6 is 0 Å². The summed E-state index contributed by atoms with van der Waals surface area (Å²) < 4.78 is 36.4. The van der Waals surface area contributed by atoms with E-state index in [1.807, 2.05) is 6.92 Å². The summed E-state index contributed by atoms with van der Waals surface area (Å²) >= 11 is 0. The number of amides is 1. The highest BCUT2D eigenvalue weighted by Crippen LogP contribution is 2.19. The zero-order valence-corrected chi connectivity index (χ0v) is 14.6. The van der Waals surface area contributed by atoms with E-state index in [9.17, 15) is 13.2 Å². The fourth-order valence-corrected chi connectivity index (χ4v) is 3.30. The molecule has 1 amide bonds. The SMILES string of the molecule is CCOc1ccc(S(=O)(=O)N(CC)CC(=O)NCCOC)cc1. The molecule has 23 heavy (non-hydrogen) atoms. The molecule has 7 nitrogen and oxygen atoms in total. The molecule has 0 bridgehead atoms. The molecule has 0 fully saturated rings. The van der Waals surface area contributed by atoms with E-state index < -0.39 is 10.0 Å². The van der Waals surface area contributed by atoms with Crippen molar-refractivity contribution in [1.82, 2.24) is 9.62 Å². The highest BCUT2D eigenvalue weighted by atomic mass is 32.2. The van der Waals surface area contributed by atoms with Crippen molar-refractivity contribution in [1.29, 1.82) is 0 Å². The van der Waals surface area contributed by atoms with Crippen LogP contribution in [0.15, 0.2) is 29.2 Å². The largest absolute Gasteiger partial charge is 0.494 e. The van der Waals surface area contributed by atoms with Crippen molar-refractivity contribution in [3.63, 3.8) is 0 Å². The minimum atomic E-state index is -3.72. The highest BCUT2D eigenvalue weighted by Gasteiger charge is 2.25. The maximum atomic E-state index is 12.6. The Labute approximate surface area is 137 Å². The van der Waals surface area contributed by atoms with Crippen LogP contribution in [0.2, 0.25) is 0 Å². The Balaban J connectivity index is 2.79. The van der Waals surface area contributed by atoms with Crippen LogP contribution in [0.5, 0.6) is 5.75 Å². The molecule has 130 valence electrons. The summed E-state index contributed by atoms with van der Waals surface area (Å²) in [5, 5.41) is 2.61. The Kier molecular flexibility index (Phi) is 8.01. The van der Waals surface area contributed by atoms with Gasteiger partial charge in [-0.15, -0.1) is 0 Å². The first kappa shape index (κ1) is 19.4. The van der Waals surface area contributed by atoms with E-state index in [-0.39, 0.29) is 23.9 Å². The van der Waals surface area contributed by atoms with Crippen molar-refractivity contribution in [2.75, 3.05) is 40.0 Å². The van der Waals surface area contributed by atoms with Crippen LogP contribution in [0.25, 0.3) is 0 Å². The van der Waals surface area contributed by atoms with E-state index in [0.717, 1.165) is 4.31 Å². The second-order valence-corrected chi connectivity index (χ2v) is 6.62. The van der Waals surface area contributed by atoms with Gasteiger partial charge in [-0.05, 0) is 31.2 Å². The van der Waals surface area contributed by atoms with Gasteiger partial charge in [0.1, 0.15) is 5.75 Å². The minimum absolute atomic E-state index is 0.132. The molecule has 0 spiro atoms. The maximum absolute atomic E-state index is 12.6. The Bertz CT molecular complexity index is 586. The Morgan fingerprint density at radius 1 is 1.22 bits per heavy atom. The number of nitrogens with zero attached hydrogens (tertiary/aromatic N) is 1. The fourth-order valence-electron chi connectivity index (χ4n) is 1.90. The number of hydrogen-bond donors (Lipinski definition) is 1. The summed E-state index contributed by atoms with van der Waals surface area (Å²) in [6.07, 6.45) is 0. The van der Waals surface area contributed by atoms with Gasteiger partial charge in [0.05, 0.1) is 24.7 Å². The van der Waals surface area contributed by atoms with Crippen LogP contribution in [-0.2, 0) is 19.6 Å². The second-order valence-electron chi connectivity index (χ2n) is 4.68. The molecule has 0 unspecified atom stereocenters. The predicted molar refractivity (Wildman–Crippen MR) is 86.9 cm³/mol. The lowest BCUT2D eigenvalue weighted by Crippen LogP contribution is -2.41. The molecule has 1 N–H and O–H groups in total. The summed E-state index contributed by atoms with van der Waals surface area (Å²) in [7, 11) is -2.19. The zero-order chi connectivity index (χ0) is 17.3. The lowest BCUT2D eigenvalue weighted by Gasteiger charge is -2.20. The van der Waals surface area contributed by atoms with Crippen LogP contribution in [0.3, 0.4) is 0 Å². The zero-order valence-electron chi connectivity index (χ0n) is 13.7. The third kappa shape index (κ3) is 5.81. The van der Waals surface area contributed by atoms with Gasteiger partial charge in [-0.2, -0.15) is 4.31 Å². The summed E-state index contributed by atoms with van der Waals surface area (Å²) in [5.41, 5.74) is 0. The molecule has 0 saturated heterocycles. The molecule has 0 aliphatic heterocycles. The molecule has 0 saturated carbocycles. The molecule has 0 radical (unpaired) electrons. The van der Waals surface area contributed by atoms with Gasteiger partial charge in [-0.3, -0.25) is 4.79 Å². The topological polar surface area (TPSA) is 84.9 Å². The molecule has 0 heterocycles. The average Bonchev–Trinajstić information content (AvgIpc) is 2.53. The van der Waals surface area contributed by atoms with E-state index in [2.05, 4.69) is 5.32 Å². The Hall–Kier alpha value is -1.64. The number of carbonyl (C=O) groups is 1. The molecular formula is C15H24N2O5S. The number of hydrogen-bond acceptors (Lipinski definition) is 5. The number of methoxy groups -OCH3 is 1. The van der Waals surface area contributed by atoms with Gasteiger partial charge in [-0.25, -0.2) is 8.42 Å². The minimum Gasteiger partial charge on any atom is -0.494 e. The molecule has 0 aliphatic rings. The number of nitrogens with one attached hydrogen (secondary N) is 1. The van der Waals surface area contributed by atoms with Crippen molar-refractivity contribution in [3.05, 3.63) is 24.3 Å². The summed E-state index contributed by atoms with van der Waals surface area (Å²) in [6, 6.07) is 6.16. The molecule has 8 heteroatoms. The first-order chi connectivity index (χ1) is 11.0. The fraction of sp³-hybridized carbons (Fsp3) is 0.533. The van der Waals surface area contributed by atoms with Gasteiger partial charge in [0.2, 0.25) is 15.9 Å². The van der Waals surface area contributed by atoms with E-state index in [1.54, 1.807) is 19.1 Å². The van der Waals surface area contributed by atoms with Gasteiger partial charge < -0.3 is 14.8 Å². The Morgan fingerprint density at radius 2 is 1.87 bits per heavy atom. The Morgan fingerprint density at radius 3 is 2.39 bits per heavy atom. The van der Waals surface area contributed by atoms with Gasteiger partial charge in [0.15, 0.2) is 0 Å². The molecule has 1 aromatic rings. The van der Waals surface area contributed by atoms with Gasteiger partial charge >= 0.3 is 0 Å². The maximum Gasteiger partial charge on any atom is 0.243 e. The number of carbonyl (C=O) groups excluding carboxylic acids is 1. The van der Waals surface area contributed by atoms with E-state index in [4.69, 9.17) is 9.47 Å². The van der Waals surface area contributed by atoms with Gasteiger partial charge in [0, 0.05) is 20.2 Å². The van der Waals surface area contributed by atoms with Crippen molar-refractivity contribution < 1.29 is 22.7 Å². The third-order valence-corrected chi connectivity index (χ3v) is 5.01. The first-order valence-corrected chi connectivity index (χ1v) is 8.88. The molecule has 0 aromatic heterocycles. The van der Waals surface area contributed by atoms with Crippen LogP contribution in [0.4, 0.5) is 0 Å². The average molecular weight is 344 g/mol. The van der Waals surface area contributed by atoms with Crippen molar-refractivity contribution in [2.45, 2.75) is 18.7 Å². The van der Waals surface area contributed by atoms with E-state index >= 15 is 0 Å². The number of benzene rings is 1. The van der Waals surface area contributed by atoms with Crippen LogP contribution < -0.4 is 10.1 Å². The van der Waals surface area contributed by atoms with Crippen LogP contribution in [-0.4, -0.2) is 58.6 Å². The molecular weight excluding hydrogens is 320 g/mol. The molecule has 0 atom stereocenters. The molecule has 1 rings (SSSR count).